The van der Waals surface area contributed by atoms with E-state index < -0.39 is 0 Å². The van der Waals surface area contributed by atoms with Crippen LogP contribution in [0.25, 0.3) is 21.2 Å². The highest BCUT2D eigenvalue weighted by Crippen LogP contribution is 2.37. The summed E-state index contributed by atoms with van der Waals surface area (Å²) >= 11 is 1.67. The minimum atomic E-state index is -0.362. The van der Waals surface area contributed by atoms with Crippen molar-refractivity contribution in [3.63, 3.8) is 0 Å². The predicted octanol–water partition coefficient (Wildman–Crippen LogP) is 5.11. The molecule has 1 aliphatic rings. The lowest BCUT2D eigenvalue weighted by Gasteiger charge is -2.14. The smallest absolute Gasteiger partial charge is 0.336 e. The summed E-state index contributed by atoms with van der Waals surface area (Å²) in [5.74, 6) is 1.93. The van der Waals surface area contributed by atoms with Crippen LogP contribution in [0.3, 0.4) is 0 Å². The normalized spacial score (nSPS) is 14.8. The SMILES string of the molecule is Cc1sc2nc(CN3CCCC3)nc(Oc3ccc4c(C)cc(=O)oc4c3)c2c1C. The number of hydrogen-bond acceptors (Lipinski definition) is 7. The van der Waals surface area contributed by atoms with Crippen molar-refractivity contribution in [2.45, 2.75) is 40.2 Å². The summed E-state index contributed by atoms with van der Waals surface area (Å²) < 4.78 is 11.6. The molecule has 0 aliphatic carbocycles. The second kappa shape index (κ2) is 7.49. The monoisotopic (exact) mass is 421 g/mol. The molecule has 0 amide bonds. The van der Waals surface area contributed by atoms with Crippen LogP contribution >= 0.6 is 11.3 Å². The first-order valence-electron chi connectivity index (χ1n) is 10.2. The molecule has 30 heavy (non-hydrogen) atoms. The molecule has 1 saturated heterocycles. The number of rotatable bonds is 4. The van der Waals surface area contributed by atoms with E-state index in [1.807, 2.05) is 19.1 Å². The molecule has 1 aliphatic heterocycles. The Hall–Kier alpha value is -2.77. The summed E-state index contributed by atoms with van der Waals surface area (Å²) in [5.41, 5.74) is 2.17. The summed E-state index contributed by atoms with van der Waals surface area (Å²) in [6.45, 7) is 8.97. The van der Waals surface area contributed by atoms with E-state index in [1.165, 1.54) is 23.8 Å². The highest BCUT2D eigenvalue weighted by molar-refractivity contribution is 7.18. The highest BCUT2D eigenvalue weighted by atomic mass is 32.1. The fourth-order valence-corrected chi connectivity index (χ4v) is 5.06. The maximum Gasteiger partial charge on any atom is 0.336 e. The molecule has 5 rings (SSSR count). The lowest BCUT2D eigenvalue weighted by molar-refractivity contribution is 0.321. The number of fused-ring (bicyclic) bond motifs is 2. The first-order chi connectivity index (χ1) is 14.5. The number of aromatic nitrogens is 2. The Bertz CT molecular complexity index is 1320. The largest absolute Gasteiger partial charge is 0.438 e. The van der Waals surface area contributed by atoms with E-state index in [0.717, 1.165) is 52.2 Å². The summed E-state index contributed by atoms with van der Waals surface area (Å²) in [5, 5.41) is 1.85. The average Bonchev–Trinajstić information content (AvgIpc) is 3.29. The van der Waals surface area contributed by atoms with Gasteiger partial charge in [-0.1, -0.05) is 0 Å². The van der Waals surface area contributed by atoms with E-state index in [1.54, 1.807) is 17.4 Å². The van der Waals surface area contributed by atoms with Crippen LogP contribution in [0.5, 0.6) is 11.6 Å². The van der Waals surface area contributed by atoms with Gasteiger partial charge in [-0.05, 0) is 70.0 Å². The third-order valence-corrected chi connectivity index (χ3v) is 6.84. The van der Waals surface area contributed by atoms with Gasteiger partial charge >= 0.3 is 5.63 Å². The summed E-state index contributed by atoms with van der Waals surface area (Å²) in [4.78, 5) is 25.9. The second-order valence-corrected chi connectivity index (χ2v) is 9.10. The molecule has 154 valence electrons. The molecule has 4 aromatic rings. The quantitative estimate of drug-likeness (QED) is 0.427. The van der Waals surface area contributed by atoms with E-state index in [4.69, 9.17) is 19.1 Å². The van der Waals surface area contributed by atoms with Crippen LogP contribution in [-0.4, -0.2) is 28.0 Å². The Morgan fingerprint density at radius 1 is 1.13 bits per heavy atom. The first kappa shape index (κ1) is 19.2. The van der Waals surface area contributed by atoms with Crippen LogP contribution in [0.4, 0.5) is 0 Å². The van der Waals surface area contributed by atoms with E-state index in [0.29, 0.717) is 17.2 Å². The van der Waals surface area contributed by atoms with Crippen molar-refractivity contribution >= 4 is 32.5 Å². The van der Waals surface area contributed by atoms with Crippen LogP contribution in [0.1, 0.15) is 34.7 Å². The zero-order valence-corrected chi connectivity index (χ0v) is 18.1. The fraction of sp³-hybridized carbons (Fsp3) is 0.348. The fourth-order valence-electron chi connectivity index (χ4n) is 4.02. The molecule has 6 nitrogen and oxygen atoms in total. The molecule has 0 N–H and O–H groups in total. The van der Waals surface area contributed by atoms with E-state index in [2.05, 4.69) is 18.7 Å². The minimum Gasteiger partial charge on any atom is -0.438 e. The van der Waals surface area contributed by atoms with Crippen molar-refractivity contribution in [2.75, 3.05) is 13.1 Å². The molecule has 0 unspecified atom stereocenters. The standard InChI is InChI=1S/C23H23N3O3S/c1-13-10-20(27)29-18-11-16(6-7-17(13)18)28-22-21-14(2)15(3)30-23(21)25-19(24-22)12-26-8-4-5-9-26/h6-7,10-11H,4-5,8-9,12H2,1-3H3. The van der Waals surface area contributed by atoms with Gasteiger partial charge in [-0.25, -0.2) is 9.78 Å². The molecule has 1 aromatic carbocycles. The Labute approximate surface area is 178 Å². The maximum atomic E-state index is 11.8. The van der Waals surface area contributed by atoms with Crippen molar-refractivity contribution in [2.24, 2.45) is 0 Å². The zero-order valence-electron chi connectivity index (χ0n) is 17.3. The van der Waals surface area contributed by atoms with E-state index in [-0.39, 0.29) is 5.63 Å². The van der Waals surface area contributed by atoms with Gasteiger partial charge in [0.15, 0.2) is 0 Å². The van der Waals surface area contributed by atoms with Crippen LogP contribution in [0.15, 0.2) is 33.5 Å². The average molecular weight is 422 g/mol. The van der Waals surface area contributed by atoms with E-state index >= 15 is 0 Å². The van der Waals surface area contributed by atoms with Crippen molar-refractivity contribution in [3.8, 4) is 11.6 Å². The van der Waals surface area contributed by atoms with Crippen molar-refractivity contribution in [1.82, 2.24) is 14.9 Å². The number of thiophene rings is 1. The van der Waals surface area contributed by atoms with Crippen LogP contribution in [-0.2, 0) is 6.54 Å². The van der Waals surface area contributed by atoms with Crippen LogP contribution in [0, 0.1) is 20.8 Å². The molecule has 7 heteroatoms. The molecule has 0 atom stereocenters. The third kappa shape index (κ3) is 3.48. The Kier molecular flexibility index (Phi) is 4.79. The lowest BCUT2D eigenvalue weighted by atomic mass is 10.1. The van der Waals surface area contributed by atoms with Crippen molar-refractivity contribution in [3.05, 3.63) is 56.5 Å². The Morgan fingerprint density at radius 2 is 1.93 bits per heavy atom. The van der Waals surface area contributed by atoms with Gasteiger partial charge in [-0.2, -0.15) is 4.98 Å². The van der Waals surface area contributed by atoms with Gasteiger partial charge in [0, 0.05) is 22.4 Å². The van der Waals surface area contributed by atoms with E-state index in [9.17, 15) is 4.79 Å². The molecule has 0 bridgehead atoms. The Balaban J connectivity index is 1.58. The molecular weight excluding hydrogens is 398 g/mol. The van der Waals surface area contributed by atoms with Gasteiger partial charge in [-0.15, -0.1) is 11.3 Å². The van der Waals surface area contributed by atoms with Gasteiger partial charge in [0.2, 0.25) is 5.88 Å². The zero-order chi connectivity index (χ0) is 20.8. The minimum absolute atomic E-state index is 0.362. The number of hydrogen-bond donors (Lipinski definition) is 0. The number of benzene rings is 1. The van der Waals surface area contributed by atoms with Crippen LogP contribution < -0.4 is 10.4 Å². The first-order valence-corrected chi connectivity index (χ1v) is 11.0. The number of aryl methyl sites for hydroxylation is 3. The van der Waals surface area contributed by atoms with Gasteiger partial charge in [0.25, 0.3) is 0 Å². The number of ether oxygens (including phenoxy) is 1. The summed E-state index contributed by atoms with van der Waals surface area (Å²) in [6.07, 6.45) is 2.45. The second-order valence-electron chi connectivity index (χ2n) is 7.90. The van der Waals surface area contributed by atoms with Gasteiger partial charge in [0.1, 0.15) is 22.0 Å². The number of likely N-dealkylation sites (tertiary alicyclic amines) is 1. The highest BCUT2D eigenvalue weighted by Gasteiger charge is 2.19. The Morgan fingerprint density at radius 3 is 2.73 bits per heavy atom. The lowest BCUT2D eigenvalue weighted by Crippen LogP contribution is -2.20. The summed E-state index contributed by atoms with van der Waals surface area (Å²) in [6, 6.07) is 7.06. The summed E-state index contributed by atoms with van der Waals surface area (Å²) in [7, 11) is 0. The molecule has 3 aromatic heterocycles. The number of nitrogens with zero attached hydrogens (tertiary/aromatic N) is 3. The molecular formula is C23H23N3O3S. The van der Waals surface area contributed by atoms with Crippen LogP contribution in [0.2, 0.25) is 0 Å². The van der Waals surface area contributed by atoms with Gasteiger partial charge < -0.3 is 9.15 Å². The molecule has 4 heterocycles. The topological polar surface area (TPSA) is 68.5 Å². The van der Waals surface area contributed by atoms with Crippen molar-refractivity contribution < 1.29 is 9.15 Å². The molecule has 1 fully saturated rings. The third-order valence-electron chi connectivity index (χ3n) is 5.74. The predicted molar refractivity (Wildman–Crippen MR) is 119 cm³/mol. The maximum absolute atomic E-state index is 11.8. The van der Waals surface area contributed by atoms with Crippen molar-refractivity contribution in [1.29, 1.82) is 0 Å². The van der Waals surface area contributed by atoms with Gasteiger partial charge in [-0.3, -0.25) is 4.90 Å². The molecule has 0 radical (unpaired) electrons. The van der Waals surface area contributed by atoms with Gasteiger partial charge in [0.05, 0.1) is 11.9 Å². The molecule has 0 saturated carbocycles. The molecule has 0 spiro atoms.